The first-order chi connectivity index (χ1) is 34.8. The maximum atomic E-state index is 14.7. The molecule has 31 heteroatoms. The molecular weight excluding hydrogens is 1030 g/mol. The summed E-state index contributed by atoms with van der Waals surface area (Å²) in [6.45, 7) is 8.35. The molecule has 8 amide bonds. The molecule has 13 atom stereocenters. The number of fused-ring (bicyclic) bond motifs is 2. The molecule has 0 radical (unpaired) electrons. The van der Waals surface area contributed by atoms with Gasteiger partial charge in [-0.05, 0) is 51.8 Å². The van der Waals surface area contributed by atoms with Crippen LogP contribution in [0.3, 0.4) is 0 Å². The molecule has 3 heterocycles. The Morgan fingerprint density at radius 2 is 1.55 bits per heavy atom. The SMILES string of the molecule is C=CCOC(=O)NCC[C@@H](O)[C@@H]1NC(=O)[C@H]([C@H](O)Cc2ccc(O)c(OSOO[O-])c2)NC(=O)[C@@H]2C[C@@H](O)CN2C(=O)[C@H]([C@@H](C)O)NC(=O)[C@H](NC(=O)OC(C)(C)C)C[C@@H](O)CNC(=O)[C@@H]2[C@@H](O)[C@@H](C)CN2C1=O.[Na+]. The van der Waals surface area contributed by atoms with Crippen molar-refractivity contribution in [3.8, 4) is 11.5 Å². The minimum Gasteiger partial charge on any atom is -0.691 e. The number of alkyl carbamates (subject to hydrolysis) is 2. The topological polar surface area (TPSA) is 426 Å². The number of amides is 8. The molecule has 414 valence electrons. The molecule has 13 N–H and O–H groups in total. The monoisotopic (exact) mass is 1100 g/mol. The first-order valence-electron chi connectivity index (χ1n) is 23.3. The second-order valence-corrected chi connectivity index (χ2v) is 19.3. The number of hydrogen-bond donors (Lipinski definition) is 13. The Morgan fingerprint density at radius 1 is 0.893 bits per heavy atom. The van der Waals surface area contributed by atoms with E-state index in [9.17, 15) is 79.4 Å². The van der Waals surface area contributed by atoms with Crippen LogP contribution in [-0.2, 0) is 54.0 Å². The van der Waals surface area contributed by atoms with Gasteiger partial charge in [0.25, 0.3) is 12.3 Å². The van der Waals surface area contributed by atoms with Crippen molar-refractivity contribution < 1.29 is 132 Å². The number of aromatic hydroxyl groups is 1. The molecule has 0 spiro atoms. The number of aliphatic hydroxyl groups is 6. The molecule has 75 heavy (non-hydrogen) atoms. The summed E-state index contributed by atoms with van der Waals surface area (Å²) in [6, 6.07) is -7.94. The van der Waals surface area contributed by atoms with E-state index >= 15 is 0 Å². The number of carbonyl (C=O) groups is 8. The van der Waals surface area contributed by atoms with Gasteiger partial charge in [0.05, 0.1) is 36.6 Å². The van der Waals surface area contributed by atoms with Gasteiger partial charge in [-0.25, -0.2) is 9.59 Å². The van der Waals surface area contributed by atoms with Crippen LogP contribution in [0.2, 0.25) is 0 Å². The zero-order valence-corrected chi connectivity index (χ0v) is 44.9. The van der Waals surface area contributed by atoms with Crippen molar-refractivity contribution >= 4 is 60.0 Å². The zero-order chi connectivity index (χ0) is 55.2. The fourth-order valence-corrected chi connectivity index (χ4v) is 8.47. The molecule has 3 aliphatic rings. The first-order valence-corrected chi connectivity index (χ1v) is 23.9. The molecule has 4 rings (SSSR count). The van der Waals surface area contributed by atoms with Crippen molar-refractivity contribution in [2.24, 2.45) is 5.92 Å². The van der Waals surface area contributed by atoms with Crippen molar-refractivity contribution in [1.82, 2.24) is 41.7 Å². The van der Waals surface area contributed by atoms with E-state index in [0.717, 1.165) is 28.9 Å². The predicted molar refractivity (Wildman–Crippen MR) is 249 cm³/mol. The molecule has 3 saturated heterocycles. The Hall–Kier alpha value is -5.09. The number of ether oxygens (including phenoxy) is 2. The molecule has 3 fully saturated rings. The van der Waals surface area contributed by atoms with Crippen LogP contribution in [0.25, 0.3) is 0 Å². The molecule has 1 aromatic carbocycles. The van der Waals surface area contributed by atoms with Gasteiger partial charge >= 0.3 is 41.7 Å². The van der Waals surface area contributed by atoms with Gasteiger partial charge in [0.2, 0.25) is 35.4 Å². The van der Waals surface area contributed by atoms with E-state index in [1.165, 1.54) is 39.8 Å². The summed E-state index contributed by atoms with van der Waals surface area (Å²) in [7, 11) is 0. The molecule has 0 aliphatic carbocycles. The number of carbonyl (C=O) groups excluding carboxylic acids is 8. The molecule has 0 aromatic heterocycles. The normalized spacial score (nSPS) is 27.5. The minimum absolute atomic E-state index is 0. The van der Waals surface area contributed by atoms with Gasteiger partial charge in [-0.15, -0.1) is 4.33 Å². The molecular formula is C44H65N8NaO21S. The van der Waals surface area contributed by atoms with E-state index in [4.69, 9.17) is 13.7 Å². The number of β-amino-alcohol motifs (C(OH)–C–C–N with tert-alkyl or cyclic N) is 1. The van der Waals surface area contributed by atoms with Crippen molar-refractivity contribution in [3.63, 3.8) is 0 Å². The van der Waals surface area contributed by atoms with Crippen LogP contribution in [0.1, 0.15) is 59.4 Å². The summed E-state index contributed by atoms with van der Waals surface area (Å²) < 4.78 is 19.3. The minimum atomic E-state index is -2.17. The standard InChI is InChI=1S/C44H66N8O21S.Na/c1-7-12-69-42(66)45-11-10-28(57)33-41(65)52-18-20(2)35(59)34(52)39(63)46-17-23(54)15-25(47-43(67)70-44(4,5)6)36(60)48-31(21(3)53)40(64)51-19-24(55)16-26(51)37(61)49-32(38(62)50-33)29(58)13-22-8-9-27(56)30(14-22)71-74-73-72-68;/h7-9,14,20-21,23-26,28-29,31-35,53-59,68H,1,10-13,15-19H2,2-6H3,(H,45,66)(H,46,63)(H,47,67)(H,48,60)(H,49,61)(H,50,62);/q;+1/p-1/t20-,21+,23+,24+,25+,26-,28+,29+,31-,32-,33-,34-,35-;/m0./s1. The smallest absolute Gasteiger partial charge is 0.691 e. The van der Waals surface area contributed by atoms with Gasteiger partial charge in [0.15, 0.2) is 11.5 Å². The molecule has 0 unspecified atom stereocenters. The summed E-state index contributed by atoms with van der Waals surface area (Å²) in [5.74, 6) is -8.89. The van der Waals surface area contributed by atoms with Crippen molar-refractivity contribution in [1.29, 1.82) is 0 Å². The number of phenolic OH excluding ortho intramolecular Hbond substituents is 1. The van der Waals surface area contributed by atoms with Crippen LogP contribution >= 0.6 is 12.3 Å². The summed E-state index contributed by atoms with van der Waals surface area (Å²) in [5, 5.41) is 106. The van der Waals surface area contributed by atoms with E-state index < -0.39 is 183 Å². The summed E-state index contributed by atoms with van der Waals surface area (Å²) in [5.41, 5.74) is -1.01. The van der Waals surface area contributed by atoms with E-state index in [0.29, 0.717) is 0 Å². The van der Waals surface area contributed by atoms with Crippen LogP contribution in [0.15, 0.2) is 30.9 Å². The van der Waals surface area contributed by atoms with Gasteiger partial charge in [0.1, 0.15) is 48.5 Å². The Labute approximate surface area is 456 Å². The van der Waals surface area contributed by atoms with Crippen LogP contribution in [-0.4, -0.2) is 204 Å². The van der Waals surface area contributed by atoms with E-state index in [1.54, 1.807) is 0 Å². The number of rotatable bonds is 15. The first kappa shape index (κ1) is 64.2. The van der Waals surface area contributed by atoms with Crippen LogP contribution in [0.4, 0.5) is 9.59 Å². The average molecular weight is 1100 g/mol. The number of hydrogen-bond acceptors (Lipinski definition) is 22. The van der Waals surface area contributed by atoms with Crippen molar-refractivity contribution in [2.45, 2.75) is 139 Å². The van der Waals surface area contributed by atoms with Gasteiger partial charge in [-0.3, -0.25) is 33.8 Å². The third-order valence-corrected chi connectivity index (χ3v) is 12.2. The fraction of sp³-hybridized carbons (Fsp3) is 0.636. The average Bonchev–Trinajstić information content (AvgIpc) is 3.87. The number of nitrogens with one attached hydrogen (secondary N) is 6. The second kappa shape index (κ2) is 29.4. The largest absolute Gasteiger partial charge is 1.00 e. The maximum Gasteiger partial charge on any atom is 1.00 e. The van der Waals surface area contributed by atoms with Gasteiger partial charge in [0, 0.05) is 51.4 Å². The number of aliphatic hydroxyl groups excluding tert-OH is 6. The Bertz CT molecular complexity index is 2180. The fourth-order valence-electron chi connectivity index (χ4n) is 8.22. The van der Waals surface area contributed by atoms with Gasteiger partial charge in [-0.2, -0.15) is 0 Å². The van der Waals surface area contributed by atoms with Crippen molar-refractivity contribution in [2.75, 3.05) is 32.8 Å². The summed E-state index contributed by atoms with van der Waals surface area (Å²) >= 11 is 0.000160. The summed E-state index contributed by atoms with van der Waals surface area (Å²) in [4.78, 5) is 113. The second-order valence-electron chi connectivity index (χ2n) is 18.9. The van der Waals surface area contributed by atoms with Crippen LogP contribution in [0.5, 0.6) is 11.5 Å². The predicted octanol–water partition coefficient (Wildman–Crippen LogP) is -8.09. The van der Waals surface area contributed by atoms with Crippen LogP contribution in [0, 0.1) is 5.92 Å². The van der Waals surface area contributed by atoms with Crippen molar-refractivity contribution in [3.05, 3.63) is 36.4 Å². The molecule has 1 aromatic rings. The van der Waals surface area contributed by atoms with E-state index in [-0.39, 0.29) is 66.3 Å². The van der Waals surface area contributed by atoms with Crippen LogP contribution < -0.4 is 70.9 Å². The number of nitrogens with zero attached hydrogens (tertiary/aromatic N) is 2. The maximum absolute atomic E-state index is 14.7. The molecule has 29 nitrogen and oxygen atoms in total. The van der Waals surface area contributed by atoms with E-state index in [1.807, 2.05) is 0 Å². The Morgan fingerprint density at radius 3 is 2.19 bits per heavy atom. The third kappa shape index (κ3) is 18.6. The van der Waals surface area contributed by atoms with Gasteiger partial charge in [-0.1, -0.05) is 25.6 Å². The quantitative estimate of drug-likeness (QED) is 0.0194. The third-order valence-electron chi connectivity index (χ3n) is 11.8. The van der Waals surface area contributed by atoms with E-state index in [2.05, 4.69) is 47.9 Å². The number of benzene rings is 1. The Balaban J connectivity index is 0.0000148. The number of phenols is 1. The summed E-state index contributed by atoms with van der Waals surface area (Å²) in [6.07, 6.45) is -13.6. The zero-order valence-electron chi connectivity index (χ0n) is 42.0. The molecule has 0 saturated carbocycles. The van der Waals surface area contributed by atoms with Gasteiger partial charge < -0.3 is 96.4 Å². The molecule has 3 aliphatic heterocycles. The molecule has 0 bridgehead atoms. The Kier molecular flexibility index (Phi) is 25.2.